The SMILES string of the molecule is CC(C)[C@@H](NC(=O)c1ccc(Cl)c(Cl)c1)c1nnc(SCC(=O)Nc2cc(C(F)(F)F)ccc2Cl)n1C. The van der Waals surface area contributed by atoms with Crippen LogP contribution in [0.1, 0.15) is 41.6 Å². The van der Waals surface area contributed by atoms with Crippen molar-refractivity contribution in [2.75, 3.05) is 11.1 Å². The number of amides is 2. The van der Waals surface area contributed by atoms with Crippen LogP contribution in [0.25, 0.3) is 0 Å². The fourth-order valence-corrected chi connectivity index (χ4v) is 4.41. The lowest BCUT2D eigenvalue weighted by Crippen LogP contribution is -2.33. The number of alkyl halides is 3. The van der Waals surface area contributed by atoms with E-state index in [2.05, 4.69) is 20.8 Å². The maximum absolute atomic E-state index is 13.0. The molecule has 3 aromatic rings. The molecule has 0 aliphatic heterocycles. The molecule has 0 radical (unpaired) electrons. The molecule has 0 spiro atoms. The minimum absolute atomic E-state index is 0.0233. The van der Waals surface area contributed by atoms with Crippen molar-refractivity contribution in [3.63, 3.8) is 0 Å². The molecule has 14 heteroatoms. The van der Waals surface area contributed by atoms with Gasteiger partial charge in [-0.3, -0.25) is 9.59 Å². The molecular weight excluding hydrogens is 574 g/mol. The van der Waals surface area contributed by atoms with Crippen LogP contribution < -0.4 is 10.6 Å². The number of aromatic nitrogens is 3. The molecule has 1 heterocycles. The Labute approximate surface area is 230 Å². The van der Waals surface area contributed by atoms with Gasteiger partial charge in [-0.1, -0.05) is 60.4 Å². The Morgan fingerprint density at radius 2 is 1.70 bits per heavy atom. The van der Waals surface area contributed by atoms with E-state index in [1.54, 1.807) is 17.7 Å². The summed E-state index contributed by atoms with van der Waals surface area (Å²) >= 11 is 18.9. The maximum atomic E-state index is 13.0. The van der Waals surface area contributed by atoms with Crippen molar-refractivity contribution in [3.05, 3.63) is 68.4 Å². The fourth-order valence-electron chi connectivity index (χ4n) is 3.23. The summed E-state index contributed by atoms with van der Waals surface area (Å²) in [6.07, 6.45) is -4.57. The summed E-state index contributed by atoms with van der Waals surface area (Å²) in [5.41, 5.74) is -0.757. The van der Waals surface area contributed by atoms with E-state index in [0.717, 1.165) is 30.0 Å². The minimum atomic E-state index is -4.57. The van der Waals surface area contributed by atoms with Gasteiger partial charge in [0.15, 0.2) is 11.0 Å². The second kappa shape index (κ2) is 11.9. The molecule has 7 nitrogen and oxygen atoms in total. The number of hydrogen-bond acceptors (Lipinski definition) is 5. The number of nitrogens with one attached hydrogen (secondary N) is 2. The molecule has 0 saturated heterocycles. The molecule has 0 saturated carbocycles. The van der Waals surface area contributed by atoms with Crippen molar-refractivity contribution in [1.29, 1.82) is 0 Å². The van der Waals surface area contributed by atoms with Gasteiger partial charge in [0.1, 0.15) is 0 Å². The smallest absolute Gasteiger partial charge is 0.342 e. The van der Waals surface area contributed by atoms with Crippen LogP contribution in [0.2, 0.25) is 15.1 Å². The van der Waals surface area contributed by atoms with Crippen molar-refractivity contribution in [2.24, 2.45) is 13.0 Å². The van der Waals surface area contributed by atoms with Crippen LogP contribution in [0, 0.1) is 5.92 Å². The molecule has 1 aromatic heterocycles. The van der Waals surface area contributed by atoms with E-state index in [4.69, 9.17) is 34.8 Å². The van der Waals surface area contributed by atoms with Crippen LogP contribution in [0.15, 0.2) is 41.6 Å². The molecule has 2 aromatic carbocycles. The third-order valence-electron chi connectivity index (χ3n) is 5.18. The Morgan fingerprint density at radius 1 is 1.03 bits per heavy atom. The van der Waals surface area contributed by atoms with Crippen LogP contribution in [0.3, 0.4) is 0 Å². The number of carbonyl (C=O) groups excluding carboxylic acids is 2. The average molecular weight is 595 g/mol. The highest BCUT2D eigenvalue weighted by Crippen LogP contribution is 2.34. The molecule has 2 amide bonds. The predicted molar refractivity (Wildman–Crippen MR) is 138 cm³/mol. The number of anilines is 1. The number of halogens is 6. The Bertz CT molecular complexity index is 1320. The second-order valence-electron chi connectivity index (χ2n) is 8.25. The summed E-state index contributed by atoms with van der Waals surface area (Å²) in [4.78, 5) is 25.2. The van der Waals surface area contributed by atoms with Gasteiger partial charge in [0.25, 0.3) is 5.91 Å². The Balaban J connectivity index is 1.69. The summed E-state index contributed by atoms with van der Waals surface area (Å²) in [6, 6.07) is 6.69. The highest BCUT2D eigenvalue weighted by molar-refractivity contribution is 7.99. The molecule has 0 unspecified atom stereocenters. The van der Waals surface area contributed by atoms with Gasteiger partial charge in [-0.15, -0.1) is 10.2 Å². The zero-order valence-electron chi connectivity index (χ0n) is 19.7. The highest BCUT2D eigenvalue weighted by Gasteiger charge is 2.31. The van der Waals surface area contributed by atoms with E-state index in [9.17, 15) is 22.8 Å². The molecule has 3 rings (SSSR count). The second-order valence-corrected chi connectivity index (χ2v) is 10.4. The Morgan fingerprint density at radius 3 is 2.32 bits per heavy atom. The fraction of sp³-hybridized carbons (Fsp3) is 0.304. The van der Waals surface area contributed by atoms with Crippen LogP contribution in [-0.4, -0.2) is 32.3 Å². The van der Waals surface area contributed by atoms with E-state index in [-0.39, 0.29) is 33.3 Å². The first-order chi connectivity index (χ1) is 17.3. The summed E-state index contributed by atoms with van der Waals surface area (Å²) in [7, 11) is 1.68. The number of rotatable bonds is 8. The third-order valence-corrected chi connectivity index (χ3v) is 7.27. The first-order valence-electron chi connectivity index (χ1n) is 10.7. The van der Waals surface area contributed by atoms with E-state index in [1.807, 2.05) is 13.8 Å². The van der Waals surface area contributed by atoms with Crippen molar-refractivity contribution in [1.82, 2.24) is 20.1 Å². The van der Waals surface area contributed by atoms with Gasteiger partial charge in [0, 0.05) is 12.6 Å². The van der Waals surface area contributed by atoms with Crippen molar-refractivity contribution in [2.45, 2.75) is 31.2 Å². The van der Waals surface area contributed by atoms with Gasteiger partial charge in [0.2, 0.25) is 5.91 Å². The first kappa shape index (κ1) is 29.1. The van der Waals surface area contributed by atoms with Crippen LogP contribution >= 0.6 is 46.6 Å². The van der Waals surface area contributed by atoms with Crippen molar-refractivity contribution in [3.8, 4) is 0 Å². The number of nitrogens with zero attached hydrogens (tertiary/aromatic N) is 3. The van der Waals surface area contributed by atoms with E-state index < -0.39 is 23.7 Å². The van der Waals surface area contributed by atoms with E-state index >= 15 is 0 Å². The number of thioether (sulfide) groups is 1. The summed E-state index contributed by atoms with van der Waals surface area (Å²) in [5, 5.41) is 14.5. The molecule has 0 bridgehead atoms. The van der Waals surface area contributed by atoms with Gasteiger partial charge < -0.3 is 15.2 Å². The largest absolute Gasteiger partial charge is 0.416 e. The lowest BCUT2D eigenvalue weighted by Gasteiger charge is -2.22. The molecule has 198 valence electrons. The quantitative estimate of drug-likeness (QED) is 0.285. The van der Waals surface area contributed by atoms with Crippen LogP contribution in [-0.2, 0) is 18.0 Å². The summed E-state index contributed by atoms with van der Waals surface area (Å²) in [6.45, 7) is 3.79. The molecule has 0 aliphatic carbocycles. The summed E-state index contributed by atoms with van der Waals surface area (Å²) in [5.74, 6) is -0.748. The van der Waals surface area contributed by atoms with Crippen molar-refractivity contribution < 1.29 is 22.8 Å². The van der Waals surface area contributed by atoms with Gasteiger partial charge in [-0.2, -0.15) is 13.2 Å². The van der Waals surface area contributed by atoms with E-state index in [1.165, 1.54) is 12.1 Å². The lowest BCUT2D eigenvalue weighted by atomic mass is 10.0. The third kappa shape index (κ3) is 7.31. The monoisotopic (exact) mass is 593 g/mol. The Hall–Kier alpha value is -2.47. The number of benzene rings is 2. The van der Waals surface area contributed by atoms with Gasteiger partial charge >= 0.3 is 6.18 Å². The molecular formula is C23H21Cl3F3N5O2S. The van der Waals surface area contributed by atoms with Crippen LogP contribution in [0.4, 0.5) is 18.9 Å². The molecule has 0 aliphatic rings. The normalized spacial score (nSPS) is 12.5. The predicted octanol–water partition coefficient (Wildman–Crippen LogP) is 6.65. The topological polar surface area (TPSA) is 88.9 Å². The van der Waals surface area contributed by atoms with Gasteiger partial charge in [-0.25, -0.2) is 0 Å². The molecule has 37 heavy (non-hydrogen) atoms. The Kier molecular flexibility index (Phi) is 9.38. The number of carbonyl (C=O) groups is 2. The van der Waals surface area contributed by atoms with Crippen molar-refractivity contribution >= 4 is 64.1 Å². The number of hydrogen-bond donors (Lipinski definition) is 2. The first-order valence-corrected chi connectivity index (χ1v) is 12.8. The molecule has 0 fully saturated rings. The molecule has 1 atom stereocenters. The zero-order chi connectivity index (χ0) is 27.5. The molecule has 2 N–H and O–H groups in total. The minimum Gasteiger partial charge on any atom is -0.342 e. The van der Waals surface area contributed by atoms with Crippen LogP contribution in [0.5, 0.6) is 0 Å². The average Bonchev–Trinajstić information content (AvgIpc) is 3.18. The summed E-state index contributed by atoms with van der Waals surface area (Å²) < 4.78 is 40.5. The zero-order valence-corrected chi connectivity index (χ0v) is 22.7. The standard InChI is InChI=1S/C23H21Cl3F3N5O2S/c1-11(2)19(31-21(36)12-4-6-14(24)16(26)8-12)20-32-33-22(34(20)3)37-10-18(35)30-17-9-13(23(27,28)29)5-7-15(17)25/h4-9,11,19H,10H2,1-3H3,(H,30,35)(H,31,36)/t19-/m1/s1. The highest BCUT2D eigenvalue weighted by atomic mass is 35.5. The maximum Gasteiger partial charge on any atom is 0.416 e. The van der Waals surface area contributed by atoms with Gasteiger partial charge in [0.05, 0.1) is 38.1 Å². The van der Waals surface area contributed by atoms with E-state index in [0.29, 0.717) is 21.6 Å². The lowest BCUT2D eigenvalue weighted by molar-refractivity contribution is -0.137. The van der Waals surface area contributed by atoms with Gasteiger partial charge in [-0.05, 0) is 42.3 Å².